The van der Waals surface area contributed by atoms with E-state index in [2.05, 4.69) is 28.1 Å². The van der Waals surface area contributed by atoms with E-state index in [1.54, 1.807) is 0 Å². The lowest BCUT2D eigenvalue weighted by atomic mass is 9.74. The third kappa shape index (κ3) is 7.36. The van der Waals surface area contributed by atoms with Crippen molar-refractivity contribution in [2.45, 2.75) is 70.1 Å². The summed E-state index contributed by atoms with van der Waals surface area (Å²) in [5.41, 5.74) is 2.83. The molecule has 41 heavy (non-hydrogen) atoms. The van der Waals surface area contributed by atoms with Crippen molar-refractivity contribution in [3.8, 4) is 0 Å². The fourth-order valence-corrected chi connectivity index (χ4v) is 6.31. The highest BCUT2D eigenvalue weighted by molar-refractivity contribution is 5.84. The van der Waals surface area contributed by atoms with Gasteiger partial charge < -0.3 is 24.8 Å². The van der Waals surface area contributed by atoms with Gasteiger partial charge in [-0.05, 0) is 68.8 Å². The summed E-state index contributed by atoms with van der Waals surface area (Å²) in [7, 11) is 0. The van der Waals surface area contributed by atoms with Gasteiger partial charge in [-0.2, -0.15) is 0 Å². The molecule has 1 amide bonds. The Balaban J connectivity index is 1.21. The molecule has 1 aromatic heterocycles. The monoisotopic (exact) mass is 561 g/mol. The Kier molecular flexibility index (Phi) is 9.75. The lowest BCUT2D eigenvalue weighted by molar-refractivity contribution is -0.165. The van der Waals surface area contributed by atoms with Crippen LogP contribution in [-0.2, 0) is 27.3 Å². The number of benzene rings is 2. The molecule has 220 valence electrons. The van der Waals surface area contributed by atoms with Gasteiger partial charge in [0.25, 0.3) is 0 Å². The fourth-order valence-electron chi connectivity index (χ4n) is 6.31. The molecule has 3 heterocycles. The molecular formula is C33H43N3O5. The quantitative estimate of drug-likeness (QED) is 0.406. The molecular weight excluding hydrogens is 518 g/mol. The summed E-state index contributed by atoms with van der Waals surface area (Å²) in [6.07, 6.45) is 4.64. The summed E-state index contributed by atoms with van der Waals surface area (Å²) >= 11 is 0. The van der Waals surface area contributed by atoms with E-state index < -0.39 is 17.6 Å². The van der Waals surface area contributed by atoms with Gasteiger partial charge in [0.1, 0.15) is 12.7 Å². The van der Waals surface area contributed by atoms with Crippen LogP contribution in [0.1, 0.15) is 56.1 Å². The molecule has 2 aliphatic heterocycles. The first-order valence-electron chi connectivity index (χ1n) is 15.1. The minimum atomic E-state index is -1.18. The zero-order valence-electron chi connectivity index (χ0n) is 23.8. The lowest BCUT2D eigenvalue weighted by Gasteiger charge is -2.40. The number of nitrogens with zero attached hydrogens (tertiary/aromatic N) is 2. The Morgan fingerprint density at radius 1 is 0.927 bits per heavy atom. The van der Waals surface area contributed by atoms with E-state index in [1.165, 1.54) is 5.56 Å². The van der Waals surface area contributed by atoms with Crippen LogP contribution >= 0.6 is 0 Å². The molecule has 0 aliphatic carbocycles. The number of carbonyl (C=O) groups is 2. The van der Waals surface area contributed by atoms with Crippen molar-refractivity contribution in [3.05, 3.63) is 71.9 Å². The molecule has 0 radical (unpaired) electrons. The molecule has 5 rings (SSSR count). The number of cyclic esters (lactones) is 1. The lowest BCUT2D eigenvalue weighted by Crippen LogP contribution is -2.45. The van der Waals surface area contributed by atoms with E-state index in [9.17, 15) is 19.8 Å². The Morgan fingerprint density at radius 2 is 1.68 bits per heavy atom. The van der Waals surface area contributed by atoms with Crippen LogP contribution in [0.25, 0.3) is 10.9 Å². The summed E-state index contributed by atoms with van der Waals surface area (Å²) < 4.78 is 5.62. The van der Waals surface area contributed by atoms with Crippen molar-refractivity contribution in [3.63, 3.8) is 0 Å². The third-order valence-electron chi connectivity index (χ3n) is 8.99. The van der Waals surface area contributed by atoms with Gasteiger partial charge in [0.05, 0.1) is 11.5 Å². The molecule has 3 aromatic rings. The van der Waals surface area contributed by atoms with Crippen LogP contribution in [0.2, 0.25) is 0 Å². The molecule has 0 unspecified atom stereocenters. The van der Waals surface area contributed by atoms with Crippen molar-refractivity contribution in [1.82, 2.24) is 14.8 Å². The molecule has 0 bridgehead atoms. The van der Waals surface area contributed by atoms with Crippen molar-refractivity contribution >= 4 is 22.8 Å². The second-order valence-corrected chi connectivity index (χ2v) is 11.8. The largest absolute Gasteiger partial charge is 0.462 e. The van der Waals surface area contributed by atoms with E-state index in [4.69, 9.17) is 4.74 Å². The molecule has 8 nitrogen and oxygen atoms in total. The van der Waals surface area contributed by atoms with Gasteiger partial charge in [0, 0.05) is 43.2 Å². The van der Waals surface area contributed by atoms with Crippen LogP contribution in [-0.4, -0.2) is 81.9 Å². The van der Waals surface area contributed by atoms with Gasteiger partial charge in [-0.1, -0.05) is 55.0 Å². The zero-order chi connectivity index (χ0) is 28.7. The molecule has 0 saturated carbocycles. The predicted octanol–water partition coefficient (Wildman–Crippen LogP) is 4.05. The number of rotatable bonds is 5. The first kappa shape index (κ1) is 29.3. The Hall–Kier alpha value is -3.20. The van der Waals surface area contributed by atoms with Crippen LogP contribution in [0.4, 0.5) is 0 Å². The summed E-state index contributed by atoms with van der Waals surface area (Å²) in [5.74, 6) is -0.225. The number of amides is 1. The Labute approximate surface area is 242 Å². The van der Waals surface area contributed by atoms with Crippen molar-refractivity contribution in [2.24, 2.45) is 5.41 Å². The van der Waals surface area contributed by atoms with Gasteiger partial charge in [-0.25, -0.2) is 0 Å². The second-order valence-electron chi connectivity index (χ2n) is 11.8. The number of aromatic nitrogens is 1. The molecule has 2 atom stereocenters. The number of para-hydroxylation sites is 1. The standard InChI is InChI=1S/C33H43N3O5/c37-29-14-19-36(31(39)13-12-26-22-34-28-11-5-4-10-27(26)28)18-7-6-15-33(32(40)41-24-30(29)38)16-20-35(21-17-33)23-25-8-2-1-3-9-25/h1-5,8-11,22,29-30,34,37-38H,6-7,12-21,23-24H2/t29-,30+/m0/s1. The zero-order valence-corrected chi connectivity index (χ0v) is 23.8. The number of esters is 1. The summed E-state index contributed by atoms with van der Waals surface area (Å²) in [6, 6.07) is 18.4. The van der Waals surface area contributed by atoms with Crippen LogP contribution in [0.15, 0.2) is 60.8 Å². The predicted molar refractivity (Wildman–Crippen MR) is 158 cm³/mol. The van der Waals surface area contributed by atoms with E-state index >= 15 is 0 Å². The first-order chi connectivity index (χ1) is 19.9. The van der Waals surface area contributed by atoms with Gasteiger partial charge in [-0.15, -0.1) is 0 Å². The maximum Gasteiger partial charge on any atom is 0.312 e. The van der Waals surface area contributed by atoms with E-state index in [0.29, 0.717) is 45.2 Å². The molecule has 2 aliphatic rings. The maximum atomic E-state index is 13.4. The summed E-state index contributed by atoms with van der Waals surface area (Å²) in [4.78, 5) is 34.2. The number of hydrogen-bond donors (Lipinski definition) is 3. The van der Waals surface area contributed by atoms with E-state index in [1.807, 2.05) is 47.5 Å². The van der Waals surface area contributed by atoms with Crippen LogP contribution < -0.4 is 0 Å². The first-order valence-corrected chi connectivity index (χ1v) is 15.1. The second kappa shape index (κ2) is 13.6. The number of nitrogens with one attached hydrogen (secondary N) is 1. The van der Waals surface area contributed by atoms with Gasteiger partial charge in [-0.3, -0.25) is 14.5 Å². The van der Waals surface area contributed by atoms with Gasteiger partial charge >= 0.3 is 5.97 Å². The average Bonchev–Trinajstić information content (AvgIpc) is 3.42. The molecule has 8 heteroatoms. The third-order valence-corrected chi connectivity index (χ3v) is 8.99. The number of aliphatic hydroxyl groups excluding tert-OH is 2. The topological polar surface area (TPSA) is 106 Å². The summed E-state index contributed by atoms with van der Waals surface area (Å²) in [6.45, 7) is 3.15. The number of carbonyl (C=O) groups excluding carboxylic acids is 2. The van der Waals surface area contributed by atoms with Crippen LogP contribution in [0.3, 0.4) is 0 Å². The number of aryl methyl sites for hydroxylation is 1. The van der Waals surface area contributed by atoms with Crippen molar-refractivity contribution in [1.29, 1.82) is 0 Å². The molecule has 1 spiro atoms. The van der Waals surface area contributed by atoms with Crippen molar-refractivity contribution < 1.29 is 24.5 Å². The normalized spacial score (nSPS) is 23.0. The molecule has 2 aromatic carbocycles. The number of likely N-dealkylation sites (tertiary alicyclic amines) is 1. The Morgan fingerprint density at radius 3 is 2.49 bits per heavy atom. The minimum Gasteiger partial charge on any atom is -0.462 e. The molecule has 3 N–H and O–H groups in total. The number of piperidine rings is 1. The van der Waals surface area contributed by atoms with E-state index in [-0.39, 0.29) is 24.9 Å². The smallest absolute Gasteiger partial charge is 0.312 e. The minimum absolute atomic E-state index is 0.0445. The summed E-state index contributed by atoms with van der Waals surface area (Å²) in [5, 5.41) is 22.3. The number of H-pyrrole nitrogens is 1. The van der Waals surface area contributed by atoms with Gasteiger partial charge in [0.2, 0.25) is 5.91 Å². The maximum absolute atomic E-state index is 13.4. The van der Waals surface area contributed by atoms with E-state index in [0.717, 1.165) is 48.9 Å². The highest BCUT2D eigenvalue weighted by Crippen LogP contribution is 2.39. The van der Waals surface area contributed by atoms with Crippen LogP contribution in [0, 0.1) is 5.41 Å². The SMILES string of the molecule is O=C(CCc1c[nH]c2ccccc12)N1CCCCC2(CCN(Cc3ccccc3)CC2)C(=O)OC[C@@H](O)[C@@H](O)CC1. The number of aliphatic hydroxyl groups is 2. The number of fused-ring (bicyclic) bond motifs is 1. The van der Waals surface area contributed by atoms with Crippen molar-refractivity contribution in [2.75, 3.05) is 32.8 Å². The molecule has 2 saturated heterocycles. The number of hydrogen-bond acceptors (Lipinski definition) is 6. The van der Waals surface area contributed by atoms with Crippen LogP contribution in [0.5, 0.6) is 0 Å². The number of ether oxygens (including phenoxy) is 1. The fraction of sp³-hybridized carbons (Fsp3) is 0.515. The molecule has 2 fully saturated rings. The van der Waals surface area contributed by atoms with Gasteiger partial charge in [0.15, 0.2) is 0 Å². The average molecular weight is 562 g/mol. The highest BCUT2D eigenvalue weighted by Gasteiger charge is 2.42. The highest BCUT2D eigenvalue weighted by atomic mass is 16.5. The Bertz CT molecular complexity index is 1280. The number of aromatic amines is 1.